The molecular weight excluding hydrogens is 286 g/mol. The number of sulfonamides is 1. The Morgan fingerprint density at radius 2 is 1.95 bits per heavy atom. The Morgan fingerprint density at radius 3 is 2.38 bits per heavy atom. The van der Waals surface area contributed by atoms with Crippen molar-refractivity contribution in [1.29, 1.82) is 0 Å². The third-order valence-corrected chi connectivity index (χ3v) is 5.28. The Kier molecular flexibility index (Phi) is 6.33. The Balaban J connectivity index is 3.19. The van der Waals surface area contributed by atoms with Crippen molar-refractivity contribution in [3.8, 4) is 0 Å². The van der Waals surface area contributed by atoms with Gasteiger partial charge in [0.2, 0.25) is 10.0 Å². The molecule has 0 aliphatic rings. The summed E-state index contributed by atoms with van der Waals surface area (Å²) in [5.41, 5.74) is 0.777. The highest BCUT2D eigenvalue weighted by molar-refractivity contribution is 7.89. The molecular formula is C16H23NO3S. The van der Waals surface area contributed by atoms with Crippen LogP contribution < -0.4 is 0 Å². The van der Waals surface area contributed by atoms with Gasteiger partial charge in [0.25, 0.3) is 0 Å². The Bertz CT molecular complexity index is 581. The number of hydrogen-bond acceptors (Lipinski definition) is 3. The molecule has 4 nitrogen and oxygen atoms in total. The first-order valence-electron chi connectivity index (χ1n) is 6.68. The number of ether oxygens (including phenoxy) is 1. The number of likely N-dealkylation sites (N-methyl/N-ethyl adjacent to an activating group) is 1. The molecule has 1 rings (SSSR count). The second kappa shape index (κ2) is 7.54. The van der Waals surface area contributed by atoms with E-state index in [1.54, 1.807) is 50.6 Å². The number of rotatable bonds is 8. The van der Waals surface area contributed by atoms with Gasteiger partial charge in [-0.15, -0.1) is 6.58 Å². The van der Waals surface area contributed by atoms with E-state index in [4.69, 9.17) is 4.74 Å². The van der Waals surface area contributed by atoms with Crippen molar-refractivity contribution in [2.75, 3.05) is 14.2 Å². The Morgan fingerprint density at radius 1 is 1.38 bits per heavy atom. The molecule has 0 aliphatic carbocycles. The van der Waals surface area contributed by atoms with Gasteiger partial charge in [-0.3, -0.25) is 0 Å². The van der Waals surface area contributed by atoms with E-state index in [-0.39, 0.29) is 17.0 Å². The number of nitrogens with zero attached hydrogens (tertiary/aromatic N) is 1. The van der Waals surface area contributed by atoms with Gasteiger partial charge < -0.3 is 4.74 Å². The molecule has 0 radical (unpaired) electrons. The Labute approximate surface area is 127 Å². The fourth-order valence-corrected chi connectivity index (χ4v) is 3.64. The first kappa shape index (κ1) is 17.6. The average molecular weight is 309 g/mol. The third kappa shape index (κ3) is 4.03. The van der Waals surface area contributed by atoms with E-state index in [0.29, 0.717) is 6.42 Å². The predicted molar refractivity (Wildman–Crippen MR) is 85.6 cm³/mol. The zero-order valence-electron chi connectivity index (χ0n) is 12.8. The summed E-state index contributed by atoms with van der Waals surface area (Å²) in [6.45, 7) is 9.42. The molecule has 0 amide bonds. The molecule has 2 atom stereocenters. The molecule has 116 valence electrons. The van der Waals surface area contributed by atoms with Crippen molar-refractivity contribution in [3.63, 3.8) is 0 Å². The summed E-state index contributed by atoms with van der Waals surface area (Å²) in [7, 11) is -0.470. The van der Waals surface area contributed by atoms with Gasteiger partial charge >= 0.3 is 0 Å². The van der Waals surface area contributed by atoms with Crippen molar-refractivity contribution < 1.29 is 13.2 Å². The molecule has 5 heteroatoms. The quantitative estimate of drug-likeness (QED) is 0.694. The molecule has 1 aromatic rings. The van der Waals surface area contributed by atoms with Crippen LogP contribution in [0.4, 0.5) is 0 Å². The Hall–Kier alpha value is -1.43. The molecule has 0 saturated carbocycles. The van der Waals surface area contributed by atoms with Gasteiger partial charge in [0.15, 0.2) is 0 Å². The van der Waals surface area contributed by atoms with E-state index in [0.717, 1.165) is 5.57 Å². The second-order valence-corrected chi connectivity index (χ2v) is 6.93. The monoisotopic (exact) mass is 309 g/mol. The van der Waals surface area contributed by atoms with Crippen LogP contribution in [0.5, 0.6) is 0 Å². The topological polar surface area (TPSA) is 46.6 Å². The van der Waals surface area contributed by atoms with Gasteiger partial charge in [-0.2, -0.15) is 4.31 Å². The largest absolute Gasteiger partial charge is 0.375 e. The van der Waals surface area contributed by atoms with Crippen LogP contribution in [0.1, 0.15) is 13.3 Å². The normalized spacial score (nSPS) is 14.7. The lowest BCUT2D eigenvalue weighted by Gasteiger charge is -2.33. The highest BCUT2D eigenvalue weighted by Gasteiger charge is 2.33. The maximum absolute atomic E-state index is 12.7. The lowest BCUT2D eigenvalue weighted by molar-refractivity contribution is 0.0759. The van der Waals surface area contributed by atoms with Crippen molar-refractivity contribution >= 4 is 10.0 Å². The molecule has 0 aromatic heterocycles. The van der Waals surface area contributed by atoms with Gasteiger partial charge in [-0.05, 0) is 25.5 Å². The summed E-state index contributed by atoms with van der Waals surface area (Å²) >= 11 is 0. The second-order valence-electron chi connectivity index (χ2n) is 4.93. The van der Waals surface area contributed by atoms with Gasteiger partial charge in [-0.1, -0.05) is 36.4 Å². The first-order valence-corrected chi connectivity index (χ1v) is 8.12. The van der Waals surface area contributed by atoms with Gasteiger partial charge in [-0.25, -0.2) is 8.42 Å². The summed E-state index contributed by atoms with van der Waals surface area (Å²) in [5.74, 6) is 0. The standard InChI is InChI=1S/C16H23NO3S/c1-6-10-15(16(20-5)13(2)3)17(4)21(18,19)14-11-8-7-9-12-14/h6-9,11-12,15-16H,1-2,10H2,3-5H3/t15-,16+/m0/s1. The molecule has 21 heavy (non-hydrogen) atoms. The van der Waals surface area contributed by atoms with Crippen molar-refractivity contribution in [1.82, 2.24) is 4.31 Å². The van der Waals surface area contributed by atoms with Gasteiger partial charge in [0.1, 0.15) is 0 Å². The summed E-state index contributed by atoms with van der Waals surface area (Å²) < 4.78 is 32.2. The first-order chi connectivity index (χ1) is 9.86. The van der Waals surface area contributed by atoms with E-state index < -0.39 is 10.0 Å². The molecule has 0 fully saturated rings. The molecule has 0 N–H and O–H groups in total. The van der Waals surface area contributed by atoms with Crippen LogP contribution in [0, 0.1) is 0 Å². The number of hydrogen-bond donors (Lipinski definition) is 0. The minimum atomic E-state index is -3.58. The molecule has 1 aromatic carbocycles. The maximum Gasteiger partial charge on any atom is 0.243 e. The van der Waals surface area contributed by atoms with Gasteiger partial charge in [0.05, 0.1) is 17.0 Å². The van der Waals surface area contributed by atoms with Crippen LogP contribution in [0.2, 0.25) is 0 Å². The summed E-state index contributed by atoms with van der Waals surface area (Å²) in [6, 6.07) is 7.98. The maximum atomic E-state index is 12.7. The van der Waals surface area contributed by atoms with E-state index in [1.807, 2.05) is 6.92 Å². The minimum absolute atomic E-state index is 0.262. The summed E-state index contributed by atoms with van der Waals surface area (Å²) in [6.07, 6.45) is 1.79. The van der Waals surface area contributed by atoms with Crippen LogP contribution in [0.25, 0.3) is 0 Å². The zero-order valence-corrected chi connectivity index (χ0v) is 13.6. The molecule has 0 aliphatic heterocycles. The van der Waals surface area contributed by atoms with Crippen LogP contribution >= 0.6 is 0 Å². The zero-order chi connectivity index (χ0) is 16.0. The van der Waals surface area contributed by atoms with Crippen molar-refractivity contribution in [3.05, 3.63) is 55.1 Å². The summed E-state index contributed by atoms with van der Waals surface area (Å²) in [4.78, 5) is 0.262. The minimum Gasteiger partial charge on any atom is -0.375 e. The smallest absolute Gasteiger partial charge is 0.243 e. The van der Waals surface area contributed by atoms with E-state index >= 15 is 0 Å². The van der Waals surface area contributed by atoms with Crippen LogP contribution in [-0.4, -0.2) is 39.0 Å². The highest BCUT2D eigenvalue weighted by atomic mass is 32.2. The van der Waals surface area contributed by atoms with Crippen LogP contribution in [0.3, 0.4) is 0 Å². The average Bonchev–Trinajstić information content (AvgIpc) is 2.47. The van der Waals surface area contributed by atoms with Crippen LogP contribution in [-0.2, 0) is 14.8 Å². The van der Waals surface area contributed by atoms with Gasteiger partial charge in [0, 0.05) is 14.2 Å². The lowest BCUT2D eigenvalue weighted by Crippen LogP contribution is -2.45. The molecule has 0 heterocycles. The van der Waals surface area contributed by atoms with E-state index in [2.05, 4.69) is 13.2 Å². The SMILES string of the molecule is C=CC[C@@H]([C@H](OC)C(=C)C)N(C)S(=O)(=O)c1ccccc1. The molecule has 0 saturated heterocycles. The van der Waals surface area contributed by atoms with Crippen molar-refractivity contribution in [2.24, 2.45) is 0 Å². The molecule has 0 unspecified atom stereocenters. The van der Waals surface area contributed by atoms with E-state index in [9.17, 15) is 8.42 Å². The number of methoxy groups -OCH3 is 1. The highest BCUT2D eigenvalue weighted by Crippen LogP contribution is 2.23. The molecule has 0 spiro atoms. The van der Waals surface area contributed by atoms with Crippen molar-refractivity contribution in [2.45, 2.75) is 30.4 Å². The predicted octanol–water partition coefficient (Wildman–Crippen LogP) is 2.84. The van der Waals surface area contributed by atoms with Crippen LogP contribution in [0.15, 0.2) is 60.0 Å². The number of benzene rings is 1. The molecule has 0 bridgehead atoms. The third-order valence-electron chi connectivity index (χ3n) is 3.38. The lowest BCUT2D eigenvalue weighted by atomic mass is 10.0. The summed E-state index contributed by atoms with van der Waals surface area (Å²) in [5, 5.41) is 0. The van der Waals surface area contributed by atoms with E-state index in [1.165, 1.54) is 4.31 Å². The fraction of sp³-hybridized carbons (Fsp3) is 0.375. The fourth-order valence-electron chi connectivity index (χ4n) is 2.26.